The summed E-state index contributed by atoms with van der Waals surface area (Å²) in [4.78, 5) is 0. The van der Waals surface area contributed by atoms with E-state index in [-0.39, 0.29) is 19.3 Å². The Labute approximate surface area is 150 Å². The van der Waals surface area contributed by atoms with Crippen molar-refractivity contribution in [2.75, 3.05) is 59.5 Å². The second-order valence-electron chi connectivity index (χ2n) is 5.27. The van der Waals surface area contributed by atoms with E-state index in [0.29, 0.717) is 39.6 Å². The molecular weight excluding hydrogens is 332 g/mol. The molecule has 1 fully saturated rings. The smallest absolute Gasteiger partial charge is 0.181 e. The minimum absolute atomic E-state index is 0.145. The predicted octanol–water partition coefficient (Wildman–Crippen LogP) is 1.56. The van der Waals surface area contributed by atoms with Crippen molar-refractivity contribution in [3.8, 4) is 0 Å². The molecule has 25 heavy (non-hydrogen) atoms. The van der Waals surface area contributed by atoms with E-state index in [4.69, 9.17) is 37.9 Å². The molecule has 0 spiro atoms. The first kappa shape index (κ1) is 22.7. The van der Waals surface area contributed by atoms with Gasteiger partial charge in [0.2, 0.25) is 0 Å². The summed E-state index contributed by atoms with van der Waals surface area (Å²) in [5.41, 5.74) is 0. The van der Waals surface area contributed by atoms with Gasteiger partial charge in [-0.15, -0.1) is 0 Å². The fourth-order valence-corrected chi connectivity index (χ4v) is 1.96. The van der Waals surface area contributed by atoms with Gasteiger partial charge in [-0.1, -0.05) is 0 Å². The van der Waals surface area contributed by atoms with Crippen LogP contribution in [-0.4, -0.2) is 84.4 Å². The van der Waals surface area contributed by atoms with E-state index in [1.807, 2.05) is 27.7 Å². The molecule has 8 nitrogen and oxygen atoms in total. The summed E-state index contributed by atoms with van der Waals surface area (Å²) in [5.74, 6) is 0. The van der Waals surface area contributed by atoms with E-state index in [1.165, 1.54) is 0 Å². The highest BCUT2D eigenvalue weighted by atomic mass is 16.8. The Morgan fingerprint density at radius 3 is 1.60 bits per heavy atom. The van der Waals surface area contributed by atoms with Crippen molar-refractivity contribution < 1.29 is 37.9 Å². The van der Waals surface area contributed by atoms with Gasteiger partial charge in [-0.05, 0) is 27.7 Å². The quantitative estimate of drug-likeness (QED) is 0.267. The van der Waals surface area contributed by atoms with Crippen LogP contribution in [0.3, 0.4) is 0 Å². The average Bonchev–Trinajstić information content (AvgIpc) is 3.43. The van der Waals surface area contributed by atoms with E-state index >= 15 is 0 Å². The second-order valence-corrected chi connectivity index (χ2v) is 5.27. The Balaban J connectivity index is 2.40. The van der Waals surface area contributed by atoms with Gasteiger partial charge in [0, 0.05) is 26.4 Å². The van der Waals surface area contributed by atoms with Crippen molar-refractivity contribution >= 4 is 0 Å². The van der Waals surface area contributed by atoms with Crippen LogP contribution in [0.4, 0.5) is 0 Å². The third-order valence-corrected chi connectivity index (χ3v) is 3.22. The average molecular weight is 366 g/mol. The number of epoxide rings is 1. The van der Waals surface area contributed by atoms with Gasteiger partial charge in [0.1, 0.15) is 19.3 Å². The van der Waals surface area contributed by atoms with Gasteiger partial charge < -0.3 is 37.9 Å². The number of hydrogen-bond donors (Lipinski definition) is 0. The van der Waals surface area contributed by atoms with Crippen LogP contribution in [0.15, 0.2) is 0 Å². The van der Waals surface area contributed by atoms with Crippen LogP contribution in [0.2, 0.25) is 0 Å². The monoisotopic (exact) mass is 366 g/mol. The second kappa shape index (κ2) is 14.8. The van der Waals surface area contributed by atoms with Crippen molar-refractivity contribution in [3.05, 3.63) is 0 Å². The SMILES string of the molecule is CCOCC(OCC)OCC(OCC1CO1)OCC(OCC)OCC. The topological polar surface area (TPSA) is 77.1 Å². The lowest BCUT2D eigenvalue weighted by Crippen LogP contribution is -2.34. The van der Waals surface area contributed by atoms with E-state index in [2.05, 4.69) is 0 Å². The zero-order valence-corrected chi connectivity index (χ0v) is 15.9. The van der Waals surface area contributed by atoms with Crippen molar-refractivity contribution in [2.45, 2.75) is 52.7 Å². The molecule has 1 rings (SSSR count). The zero-order chi connectivity index (χ0) is 18.3. The Kier molecular flexibility index (Phi) is 13.5. The molecule has 0 aliphatic carbocycles. The van der Waals surface area contributed by atoms with Gasteiger partial charge in [0.05, 0.1) is 19.8 Å². The van der Waals surface area contributed by atoms with Crippen LogP contribution in [0.25, 0.3) is 0 Å². The Morgan fingerprint density at radius 2 is 1.16 bits per heavy atom. The lowest BCUT2D eigenvalue weighted by Gasteiger charge is -2.24. The fourth-order valence-electron chi connectivity index (χ4n) is 1.96. The number of rotatable bonds is 18. The van der Waals surface area contributed by atoms with Gasteiger partial charge in [-0.3, -0.25) is 0 Å². The number of hydrogen-bond acceptors (Lipinski definition) is 8. The summed E-state index contributed by atoms with van der Waals surface area (Å²) in [6, 6.07) is 0. The van der Waals surface area contributed by atoms with Crippen molar-refractivity contribution in [2.24, 2.45) is 0 Å². The van der Waals surface area contributed by atoms with Gasteiger partial charge in [-0.2, -0.15) is 0 Å². The molecule has 3 atom stereocenters. The summed E-state index contributed by atoms with van der Waals surface area (Å²) < 4.78 is 44.2. The molecule has 3 unspecified atom stereocenters. The lowest BCUT2D eigenvalue weighted by molar-refractivity contribution is -0.252. The summed E-state index contributed by atoms with van der Waals surface area (Å²) in [5, 5.41) is 0. The van der Waals surface area contributed by atoms with E-state index in [9.17, 15) is 0 Å². The van der Waals surface area contributed by atoms with E-state index in [0.717, 1.165) is 6.61 Å². The maximum Gasteiger partial charge on any atom is 0.181 e. The van der Waals surface area contributed by atoms with Crippen molar-refractivity contribution in [1.29, 1.82) is 0 Å². The van der Waals surface area contributed by atoms with Crippen LogP contribution in [0.1, 0.15) is 27.7 Å². The molecule has 0 aromatic heterocycles. The van der Waals surface area contributed by atoms with Crippen LogP contribution in [-0.2, 0) is 37.9 Å². The number of ether oxygens (including phenoxy) is 8. The molecule has 0 radical (unpaired) electrons. The van der Waals surface area contributed by atoms with Crippen LogP contribution < -0.4 is 0 Å². The molecule has 0 bridgehead atoms. The highest BCUT2D eigenvalue weighted by Crippen LogP contribution is 2.12. The predicted molar refractivity (Wildman–Crippen MR) is 90.3 cm³/mol. The molecule has 0 amide bonds. The van der Waals surface area contributed by atoms with Crippen LogP contribution >= 0.6 is 0 Å². The molecule has 0 N–H and O–H groups in total. The molecule has 1 aliphatic rings. The minimum Gasteiger partial charge on any atom is -0.376 e. The first-order chi connectivity index (χ1) is 12.2. The lowest BCUT2D eigenvalue weighted by atomic mass is 10.5. The normalized spacial score (nSPS) is 19.3. The van der Waals surface area contributed by atoms with Crippen molar-refractivity contribution in [1.82, 2.24) is 0 Å². The molecule has 8 heteroatoms. The fraction of sp³-hybridized carbons (Fsp3) is 1.00. The third kappa shape index (κ3) is 11.8. The summed E-state index contributed by atoms with van der Waals surface area (Å²) in [6.45, 7) is 11.9. The Bertz CT molecular complexity index is 294. The summed E-state index contributed by atoms with van der Waals surface area (Å²) in [6.07, 6.45) is -1.29. The maximum atomic E-state index is 5.77. The summed E-state index contributed by atoms with van der Waals surface area (Å²) in [7, 11) is 0. The summed E-state index contributed by atoms with van der Waals surface area (Å²) >= 11 is 0. The van der Waals surface area contributed by atoms with E-state index < -0.39 is 18.9 Å². The van der Waals surface area contributed by atoms with Gasteiger partial charge in [-0.25, -0.2) is 0 Å². The highest BCUT2D eigenvalue weighted by molar-refractivity contribution is 4.67. The largest absolute Gasteiger partial charge is 0.376 e. The zero-order valence-electron chi connectivity index (χ0n) is 15.9. The van der Waals surface area contributed by atoms with Crippen LogP contribution in [0, 0.1) is 0 Å². The maximum absolute atomic E-state index is 5.77. The Morgan fingerprint density at radius 1 is 0.680 bits per heavy atom. The molecule has 0 aromatic rings. The molecule has 1 saturated heterocycles. The van der Waals surface area contributed by atoms with Crippen molar-refractivity contribution in [3.63, 3.8) is 0 Å². The van der Waals surface area contributed by atoms with E-state index in [1.54, 1.807) is 0 Å². The first-order valence-electron chi connectivity index (χ1n) is 9.12. The highest BCUT2D eigenvalue weighted by Gasteiger charge is 2.26. The Hall–Kier alpha value is -0.320. The molecule has 0 saturated carbocycles. The molecular formula is C17H34O8. The third-order valence-electron chi connectivity index (χ3n) is 3.22. The van der Waals surface area contributed by atoms with Crippen LogP contribution in [0.5, 0.6) is 0 Å². The molecule has 0 aromatic carbocycles. The standard InChI is InChI=1S/C17H34O8/c1-5-18-11-15(19-6-2)24-13-17(23-10-14-9-22-14)25-12-16(20-7-3)21-8-4/h14-17H,5-13H2,1-4H3. The van der Waals surface area contributed by atoms with Gasteiger partial charge in [0.25, 0.3) is 0 Å². The first-order valence-corrected chi connectivity index (χ1v) is 9.12. The minimum atomic E-state index is -0.558. The van der Waals surface area contributed by atoms with Gasteiger partial charge >= 0.3 is 0 Å². The van der Waals surface area contributed by atoms with Gasteiger partial charge in [0.15, 0.2) is 18.9 Å². The molecule has 150 valence electrons. The molecule has 1 aliphatic heterocycles. The molecule has 1 heterocycles.